The molecule has 1 amide bonds. The van der Waals surface area contributed by atoms with Crippen molar-refractivity contribution in [2.75, 3.05) is 0 Å². The van der Waals surface area contributed by atoms with E-state index in [2.05, 4.69) is 10.5 Å². The van der Waals surface area contributed by atoms with Gasteiger partial charge in [-0.05, 0) is 73.2 Å². The van der Waals surface area contributed by atoms with Gasteiger partial charge in [0, 0.05) is 10.0 Å². The molecule has 0 fully saturated rings. The third kappa shape index (κ3) is 6.84. The van der Waals surface area contributed by atoms with Crippen LogP contribution >= 0.6 is 23.2 Å². The molecule has 1 unspecified atom stereocenters. The summed E-state index contributed by atoms with van der Waals surface area (Å²) in [4.78, 5) is 24.3. The Labute approximate surface area is 189 Å². The fraction of sp³-hybridized carbons (Fsp3) is 0.0870. The highest BCUT2D eigenvalue weighted by atomic mass is 35.5. The van der Waals surface area contributed by atoms with Gasteiger partial charge in [-0.3, -0.25) is 4.79 Å². The molecule has 6 nitrogen and oxygen atoms in total. The van der Waals surface area contributed by atoms with Crippen LogP contribution in [0.15, 0.2) is 77.9 Å². The van der Waals surface area contributed by atoms with Gasteiger partial charge in [0.25, 0.3) is 5.91 Å². The Morgan fingerprint density at radius 1 is 0.935 bits per heavy atom. The summed E-state index contributed by atoms with van der Waals surface area (Å²) in [6.45, 7) is 1.61. The second-order valence-electron chi connectivity index (χ2n) is 6.42. The minimum Gasteiger partial charge on any atom is -0.481 e. The first-order valence-electron chi connectivity index (χ1n) is 9.23. The van der Waals surface area contributed by atoms with E-state index in [0.29, 0.717) is 32.7 Å². The highest BCUT2D eigenvalue weighted by Crippen LogP contribution is 2.17. The minimum absolute atomic E-state index is 0.342. The van der Waals surface area contributed by atoms with Gasteiger partial charge in [0.1, 0.15) is 11.5 Å². The van der Waals surface area contributed by atoms with E-state index in [-0.39, 0.29) is 0 Å². The van der Waals surface area contributed by atoms with E-state index in [0.717, 1.165) is 0 Å². The molecule has 0 spiro atoms. The van der Waals surface area contributed by atoms with Crippen molar-refractivity contribution in [2.24, 2.45) is 5.10 Å². The largest absolute Gasteiger partial charge is 0.481 e. The lowest BCUT2D eigenvalue weighted by Gasteiger charge is -2.12. The van der Waals surface area contributed by atoms with E-state index < -0.39 is 18.0 Å². The maximum Gasteiger partial charge on any atom is 0.343 e. The molecule has 0 bridgehead atoms. The summed E-state index contributed by atoms with van der Waals surface area (Å²) in [5, 5.41) is 5.04. The number of benzene rings is 3. The first-order chi connectivity index (χ1) is 14.9. The summed E-state index contributed by atoms with van der Waals surface area (Å²) in [7, 11) is 0. The van der Waals surface area contributed by atoms with Crippen LogP contribution in [0.5, 0.6) is 11.5 Å². The van der Waals surface area contributed by atoms with E-state index in [9.17, 15) is 9.59 Å². The first-order valence-corrected chi connectivity index (χ1v) is 9.99. The van der Waals surface area contributed by atoms with Crippen LogP contribution in [0.3, 0.4) is 0 Å². The van der Waals surface area contributed by atoms with Crippen LogP contribution in [-0.4, -0.2) is 24.2 Å². The van der Waals surface area contributed by atoms with E-state index in [1.54, 1.807) is 79.7 Å². The molecule has 3 aromatic rings. The highest BCUT2D eigenvalue weighted by Gasteiger charge is 2.14. The average Bonchev–Trinajstić information content (AvgIpc) is 2.76. The predicted octanol–water partition coefficient (Wildman–Crippen LogP) is 5.13. The lowest BCUT2D eigenvalue weighted by Crippen LogP contribution is -2.33. The van der Waals surface area contributed by atoms with Crippen molar-refractivity contribution in [1.82, 2.24) is 5.43 Å². The number of hydrogen-bond donors (Lipinski definition) is 1. The van der Waals surface area contributed by atoms with Gasteiger partial charge in [-0.25, -0.2) is 10.2 Å². The number of hydrazone groups is 1. The molecule has 0 heterocycles. The lowest BCUT2D eigenvalue weighted by atomic mass is 10.2. The van der Waals surface area contributed by atoms with Crippen molar-refractivity contribution in [3.8, 4) is 11.5 Å². The number of carbonyl (C=O) groups is 2. The quantitative estimate of drug-likeness (QED) is 0.231. The van der Waals surface area contributed by atoms with Crippen molar-refractivity contribution in [3.63, 3.8) is 0 Å². The second kappa shape index (κ2) is 10.6. The molecular weight excluding hydrogens is 439 g/mol. The maximum atomic E-state index is 12.2. The van der Waals surface area contributed by atoms with Crippen molar-refractivity contribution >= 4 is 41.3 Å². The summed E-state index contributed by atoms with van der Waals surface area (Å²) in [6.07, 6.45) is 0.678. The molecule has 0 aliphatic carbocycles. The Morgan fingerprint density at radius 3 is 2.26 bits per heavy atom. The number of ether oxygens (including phenoxy) is 2. The highest BCUT2D eigenvalue weighted by molar-refractivity contribution is 6.30. The van der Waals surface area contributed by atoms with Crippen LogP contribution in [0.2, 0.25) is 10.0 Å². The Balaban J connectivity index is 1.54. The molecule has 0 aliphatic rings. The number of esters is 1. The number of carbonyl (C=O) groups excluding carboxylic acids is 2. The summed E-state index contributed by atoms with van der Waals surface area (Å²) in [5.74, 6) is -0.0651. The molecule has 0 aromatic heterocycles. The third-order valence-corrected chi connectivity index (χ3v) is 4.54. The summed E-state index contributed by atoms with van der Waals surface area (Å²) < 4.78 is 10.9. The van der Waals surface area contributed by atoms with Gasteiger partial charge in [0.2, 0.25) is 0 Å². The van der Waals surface area contributed by atoms with Gasteiger partial charge in [-0.2, -0.15) is 5.10 Å². The van der Waals surface area contributed by atoms with Crippen molar-refractivity contribution in [2.45, 2.75) is 13.0 Å². The molecule has 31 heavy (non-hydrogen) atoms. The average molecular weight is 457 g/mol. The molecular formula is C23H18Cl2N2O4. The van der Waals surface area contributed by atoms with Gasteiger partial charge in [0.15, 0.2) is 6.10 Å². The molecule has 0 saturated carbocycles. The molecule has 3 rings (SSSR count). The lowest BCUT2D eigenvalue weighted by molar-refractivity contribution is -0.127. The van der Waals surface area contributed by atoms with Crippen molar-refractivity contribution in [3.05, 3.63) is 94.0 Å². The molecule has 1 atom stereocenters. The summed E-state index contributed by atoms with van der Waals surface area (Å²) in [5.41, 5.74) is 3.43. The zero-order valence-electron chi connectivity index (χ0n) is 16.4. The Morgan fingerprint density at radius 2 is 1.58 bits per heavy atom. The molecule has 3 aromatic carbocycles. The van der Waals surface area contributed by atoms with Crippen LogP contribution in [0.1, 0.15) is 22.8 Å². The maximum absolute atomic E-state index is 12.2. The predicted molar refractivity (Wildman–Crippen MR) is 120 cm³/mol. The van der Waals surface area contributed by atoms with E-state index in [4.69, 9.17) is 32.7 Å². The van der Waals surface area contributed by atoms with E-state index >= 15 is 0 Å². The van der Waals surface area contributed by atoms with Crippen LogP contribution in [0.25, 0.3) is 0 Å². The molecule has 158 valence electrons. The van der Waals surface area contributed by atoms with Crippen molar-refractivity contribution in [1.29, 1.82) is 0 Å². The van der Waals surface area contributed by atoms with Crippen molar-refractivity contribution < 1.29 is 19.1 Å². The van der Waals surface area contributed by atoms with Crippen LogP contribution < -0.4 is 14.9 Å². The number of nitrogens with one attached hydrogen (secondary N) is 1. The summed E-state index contributed by atoms with van der Waals surface area (Å²) in [6, 6.07) is 19.8. The van der Waals surface area contributed by atoms with Gasteiger partial charge in [-0.1, -0.05) is 35.3 Å². The SMILES string of the molecule is CC(Oc1ccc(Cl)cc1)C(=O)N/N=C/c1cccc(OC(=O)c2ccc(Cl)cc2)c1. The number of hydrogen-bond acceptors (Lipinski definition) is 5. The molecule has 1 N–H and O–H groups in total. The number of rotatable bonds is 7. The number of nitrogens with zero attached hydrogens (tertiary/aromatic N) is 1. The van der Waals surface area contributed by atoms with Gasteiger partial charge >= 0.3 is 5.97 Å². The summed E-state index contributed by atoms with van der Waals surface area (Å²) >= 11 is 11.7. The number of halogens is 2. The monoisotopic (exact) mass is 456 g/mol. The fourth-order valence-corrected chi connectivity index (χ4v) is 2.69. The Hall–Kier alpha value is -3.35. The standard InChI is InChI=1S/C23H18Cl2N2O4/c1-15(30-20-11-9-19(25)10-12-20)22(28)27-26-14-16-3-2-4-21(13-16)31-23(29)17-5-7-18(24)8-6-17/h2-15H,1H3,(H,27,28)/b26-14+. The normalized spacial score (nSPS) is 11.7. The fourth-order valence-electron chi connectivity index (χ4n) is 2.44. The molecule has 0 aliphatic heterocycles. The number of amides is 1. The van der Waals surface area contributed by atoms with Crippen LogP contribution in [0, 0.1) is 0 Å². The minimum atomic E-state index is -0.759. The zero-order valence-corrected chi connectivity index (χ0v) is 17.9. The third-order valence-electron chi connectivity index (χ3n) is 4.03. The van der Waals surface area contributed by atoms with Crippen LogP contribution in [0.4, 0.5) is 0 Å². The molecule has 0 radical (unpaired) electrons. The topological polar surface area (TPSA) is 77.0 Å². The van der Waals surface area contributed by atoms with Gasteiger partial charge < -0.3 is 9.47 Å². The zero-order chi connectivity index (χ0) is 22.2. The van der Waals surface area contributed by atoms with Crippen LogP contribution in [-0.2, 0) is 4.79 Å². The molecule has 0 saturated heterocycles. The molecule has 8 heteroatoms. The smallest absolute Gasteiger partial charge is 0.343 e. The van der Waals surface area contributed by atoms with E-state index in [1.165, 1.54) is 6.21 Å². The van der Waals surface area contributed by atoms with E-state index in [1.807, 2.05) is 0 Å². The van der Waals surface area contributed by atoms with Gasteiger partial charge in [0.05, 0.1) is 11.8 Å². The first kappa shape index (κ1) is 22.3. The Kier molecular flexibility index (Phi) is 7.65. The van der Waals surface area contributed by atoms with Gasteiger partial charge in [-0.15, -0.1) is 0 Å². The Bertz CT molecular complexity index is 1080. The second-order valence-corrected chi connectivity index (χ2v) is 7.29.